The molecule has 8 heteroatoms. The molecule has 0 aromatic rings. The number of Topliss-reactive ketones (excluding diaryl/α,β-unsaturated/α-hetero) is 1. The summed E-state index contributed by atoms with van der Waals surface area (Å²) in [7, 11) is 0. The van der Waals surface area contributed by atoms with Gasteiger partial charge in [0.15, 0.2) is 22.8 Å². The molecular formula is C24H33FO7. The van der Waals surface area contributed by atoms with Gasteiger partial charge in [-0.05, 0) is 50.7 Å². The van der Waals surface area contributed by atoms with Crippen LogP contribution in [0.2, 0.25) is 0 Å². The van der Waals surface area contributed by atoms with Crippen molar-refractivity contribution in [3.63, 3.8) is 0 Å². The predicted molar refractivity (Wildman–Crippen MR) is 113 cm³/mol. The first-order valence-electron chi connectivity index (χ1n) is 11.2. The Bertz CT molecular complexity index is 868. The number of carbonyl (C=O) groups excluding carboxylic acids is 3. The molecule has 0 bridgehead atoms. The van der Waals surface area contributed by atoms with Gasteiger partial charge in [-0.15, -0.1) is 0 Å². The van der Waals surface area contributed by atoms with Crippen LogP contribution in [-0.2, 0) is 14.4 Å². The molecule has 0 amide bonds. The second kappa shape index (κ2) is 8.24. The summed E-state index contributed by atoms with van der Waals surface area (Å²) in [4.78, 5) is 33.4. The van der Waals surface area contributed by atoms with Gasteiger partial charge >= 0.3 is 0 Å². The maximum Gasteiger partial charge on any atom is 0.192 e. The molecule has 8 atom stereocenters. The molecule has 0 aliphatic heterocycles. The normalized spacial score (nSPS) is 46.8. The van der Waals surface area contributed by atoms with Crippen molar-refractivity contribution >= 4 is 17.9 Å². The van der Waals surface area contributed by atoms with Crippen LogP contribution in [0.3, 0.4) is 0 Å². The number of hydrogen-bond donors (Lipinski definition) is 4. The summed E-state index contributed by atoms with van der Waals surface area (Å²) < 4.78 is 16.8. The molecular weight excluding hydrogens is 419 g/mol. The summed E-state index contributed by atoms with van der Waals surface area (Å²) in [6, 6.07) is 0. The van der Waals surface area contributed by atoms with Crippen LogP contribution in [0.25, 0.3) is 0 Å². The van der Waals surface area contributed by atoms with Gasteiger partial charge in [-0.3, -0.25) is 9.59 Å². The Labute approximate surface area is 187 Å². The number of ketones is 2. The van der Waals surface area contributed by atoms with E-state index in [0.717, 1.165) is 6.29 Å². The van der Waals surface area contributed by atoms with Crippen molar-refractivity contribution in [3.05, 3.63) is 23.8 Å². The molecule has 4 aliphatic carbocycles. The lowest BCUT2D eigenvalue weighted by atomic mass is 9.44. The molecule has 0 radical (unpaired) electrons. The first-order chi connectivity index (χ1) is 14.9. The summed E-state index contributed by atoms with van der Waals surface area (Å²) in [5.41, 5.74) is -6.12. The monoisotopic (exact) mass is 452 g/mol. The zero-order valence-electron chi connectivity index (χ0n) is 18.8. The van der Waals surface area contributed by atoms with Crippen LogP contribution in [0, 0.1) is 22.7 Å². The Hall–Kier alpha value is -1.74. The van der Waals surface area contributed by atoms with E-state index in [4.69, 9.17) is 0 Å². The quantitative estimate of drug-likeness (QED) is 0.473. The number of alkyl halides is 1. The van der Waals surface area contributed by atoms with Crippen LogP contribution in [0.5, 0.6) is 0 Å². The van der Waals surface area contributed by atoms with Gasteiger partial charge in [-0.2, -0.15) is 0 Å². The van der Waals surface area contributed by atoms with E-state index in [2.05, 4.69) is 0 Å². The summed E-state index contributed by atoms with van der Waals surface area (Å²) in [6.07, 6.45) is 3.44. The van der Waals surface area contributed by atoms with Crippen LogP contribution >= 0.6 is 0 Å². The van der Waals surface area contributed by atoms with E-state index >= 15 is 4.39 Å². The van der Waals surface area contributed by atoms with E-state index in [9.17, 15) is 34.8 Å². The Morgan fingerprint density at radius 3 is 2.44 bits per heavy atom. The molecule has 3 saturated carbocycles. The van der Waals surface area contributed by atoms with Gasteiger partial charge in [0.1, 0.15) is 12.9 Å². The van der Waals surface area contributed by atoms with Crippen molar-refractivity contribution < 1.29 is 39.2 Å². The Kier molecular flexibility index (Phi) is 6.41. The van der Waals surface area contributed by atoms with Crippen LogP contribution in [-0.4, -0.2) is 68.4 Å². The molecule has 7 nitrogen and oxygen atoms in total. The van der Waals surface area contributed by atoms with Gasteiger partial charge in [0, 0.05) is 23.2 Å². The van der Waals surface area contributed by atoms with E-state index in [1.807, 2.05) is 6.92 Å². The molecule has 3 fully saturated rings. The van der Waals surface area contributed by atoms with Gasteiger partial charge in [0.05, 0.1) is 12.2 Å². The molecule has 4 rings (SSSR count). The smallest absolute Gasteiger partial charge is 0.192 e. The zero-order valence-corrected chi connectivity index (χ0v) is 18.8. The van der Waals surface area contributed by atoms with Crippen molar-refractivity contribution in [2.45, 2.75) is 76.4 Å². The van der Waals surface area contributed by atoms with Crippen molar-refractivity contribution in [2.24, 2.45) is 22.7 Å². The fraction of sp³-hybridized carbons (Fsp3) is 0.708. The minimum atomic E-state index is -2.23. The first kappa shape index (κ1) is 24.9. The molecule has 32 heavy (non-hydrogen) atoms. The van der Waals surface area contributed by atoms with Gasteiger partial charge < -0.3 is 25.2 Å². The highest BCUT2D eigenvalue weighted by Crippen LogP contribution is 2.69. The van der Waals surface area contributed by atoms with Crippen molar-refractivity contribution in [2.75, 3.05) is 6.61 Å². The van der Waals surface area contributed by atoms with Gasteiger partial charge in [-0.25, -0.2) is 4.39 Å². The second-order valence-electron chi connectivity index (χ2n) is 9.94. The number of carbonyl (C=O) groups is 3. The number of allylic oxidation sites excluding steroid dienone is 4. The number of fused-ring (bicyclic) bond motifs is 5. The third-order valence-corrected chi connectivity index (χ3v) is 8.60. The summed E-state index contributed by atoms with van der Waals surface area (Å²) in [5, 5.41) is 42.1. The van der Waals surface area contributed by atoms with Crippen LogP contribution in [0.15, 0.2) is 23.8 Å². The highest BCUT2D eigenvalue weighted by molar-refractivity contribution is 6.01. The Balaban J connectivity index is 0.000000668. The SMILES string of the molecule is CCC=O.C[C@]12C=CC(=O)C=C1CC[C@H]1[C@@H]3C[C@@H](O)[C@](O)(C(=O)CO)[C@@]3(C)C[C@H](O)[C@@]12F. The average molecular weight is 453 g/mol. The lowest BCUT2D eigenvalue weighted by Crippen LogP contribution is -2.69. The van der Waals surface area contributed by atoms with Gasteiger partial charge in [0.25, 0.3) is 0 Å². The van der Waals surface area contributed by atoms with E-state index in [1.54, 1.807) is 13.8 Å². The molecule has 0 aromatic heterocycles. The number of hydrogen-bond acceptors (Lipinski definition) is 7. The lowest BCUT2D eigenvalue weighted by molar-refractivity contribution is -0.222. The highest BCUT2D eigenvalue weighted by atomic mass is 19.1. The average Bonchev–Trinajstić information content (AvgIpc) is 2.96. The molecule has 0 saturated heterocycles. The highest BCUT2D eigenvalue weighted by Gasteiger charge is 2.76. The molecule has 0 spiro atoms. The standard InChI is InChI=1S/C21H27FO6.C3H6O/c1-18-6-5-12(24)7-11(18)3-4-13-14-8-15(25)21(28,17(27)10-23)19(14,2)9-16(26)20(13,18)22;1-2-3-4/h5-7,13-16,23,25-26,28H,3-4,8-10H2,1-2H3;3H,2H2,1H3/t13-,14-,15+,16-,18-,19-,20-,21-;/m0./s1. The maximum atomic E-state index is 16.8. The fourth-order valence-electron chi connectivity index (χ4n) is 6.85. The largest absolute Gasteiger partial charge is 0.390 e. The van der Waals surface area contributed by atoms with Gasteiger partial charge in [-0.1, -0.05) is 25.5 Å². The molecule has 0 aromatic carbocycles. The molecule has 4 N–H and O–H groups in total. The predicted octanol–water partition coefficient (Wildman–Crippen LogP) is 1.22. The van der Waals surface area contributed by atoms with Crippen LogP contribution in [0.1, 0.15) is 52.9 Å². The number of aliphatic hydroxyl groups is 4. The van der Waals surface area contributed by atoms with E-state index in [-0.39, 0.29) is 18.6 Å². The summed E-state index contributed by atoms with van der Waals surface area (Å²) >= 11 is 0. The van der Waals surface area contributed by atoms with Gasteiger partial charge in [0.2, 0.25) is 0 Å². The number of halogens is 1. The lowest BCUT2D eigenvalue weighted by Gasteiger charge is -2.62. The first-order valence-corrected chi connectivity index (χ1v) is 11.2. The molecule has 0 heterocycles. The minimum absolute atomic E-state index is 0.0135. The zero-order chi connectivity index (χ0) is 24.1. The van der Waals surface area contributed by atoms with E-state index in [0.29, 0.717) is 24.8 Å². The van der Waals surface area contributed by atoms with Crippen LogP contribution in [0.4, 0.5) is 4.39 Å². The third-order valence-electron chi connectivity index (χ3n) is 8.60. The van der Waals surface area contributed by atoms with Crippen molar-refractivity contribution in [3.8, 4) is 0 Å². The molecule has 178 valence electrons. The molecule has 4 aliphatic rings. The maximum absolute atomic E-state index is 16.8. The summed E-state index contributed by atoms with van der Waals surface area (Å²) in [6.45, 7) is 4.15. The molecule has 0 unspecified atom stereocenters. The van der Waals surface area contributed by atoms with Crippen LogP contribution < -0.4 is 0 Å². The second-order valence-corrected chi connectivity index (χ2v) is 9.94. The number of aldehydes is 1. The summed E-state index contributed by atoms with van der Waals surface area (Å²) in [5.74, 6) is -2.38. The van der Waals surface area contributed by atoms with E-state index < -0.39 is 58.5 Å². The van der Waals surface area contributed by atoms with Crippen molar-refractivity contribution in [1.82, 2.24) is 0 Å². The minimum Gasteiger partial charge on any atom is -0.390 e. The fourth-order valence-corrected chi connectivity index (χ4v) is 6.85. The number of rotatable bonds is 3. The number of aliphatic hydroxyl groups excluding tert-OH is 3. The Morgan fingerprint density at radius 2 is 1.88 bits per heavy atom. The third kappa shape index (κ3) is 3.03. The van der Waals surface area contributed by atoms with Crippen molar-refractivity contribution in [1.29, 1.82) is 0 Å². The topological polar surface area (TPSA) is 132 Å². The van der Waals surface area contributed by atoms with E-state index in [1.165, 1.54) is 18.2 Å². The Morgan fingerprint density at radius 1 is 1.25 bits per heavy atom.